The molecule has 16 heavy (non-hydrogen) atoms. The van der Waals surface area contributed by atoms with Gasteiger partial charge in [0.05, 0.1) is 6.61 Å². The first kappa shape index (κ1) is 11.1. The number of hydrogen-bond acceptors (Lipinski definition) is 4. The van der Waals surface area contributed by atoms with E-state index < -0.39 is 17.4 Å². The van der Waals surface area contributed by atoms with Crippen molar-refractivity contribution in [3.63, 3.8) is 0 Å². The van der Waals surface area contributed by atoms with Crippen LogP contribution in [0, 0.1) is 5.41 Å². The first-order valence-corrected chi connectivity index (χ1v) is 5.50. The molecule has 0 aromatic heterocycles. The molecule has 0 bridgehead atoms. The summed E-state index contributed by atoms with van der Waals surface area (Å²) < 4.78 is 4.84. The van der Waals surface area contributed by atoms with Gasteiger partial charge < -0.3 is 9.64 Å². The first-order chi connectivity index (χ1) is 7.52. The number of hydrogen-bond donors (Lipinski definition) is 0. The van der Waals surface area contributed by atoms with Crippen molar-refractivity contribution in [3.8, 4) is 0 Å². The van der Waals surface area contributed by atoms with Crippen LogP contribution < -0.4 is 0 Å². The van der Waals surface area contributed by atoms with Gasteiger partial charge in [0.15, 0.2) is 11.8 Å². The molecule has 0 aromatic carbocycles. The van der Waals surface area contributed by atoms with Gasteiger partial charge in [0.1, 0.15) is 0 Å². The highest BCUT2D eigenvalue weighted by atomic mass is 16.5. The number of carbonyl (C=O) groups is 3. The molecule has 1 heterocycles. The Kier molecular flexibility index (Phi) is 2.48. The van der Waals surface area contributed by atoms with Crippen molar-refractivity contribution in [1.29, 1.82) is 0 Å². The fourth-order valence-corrected chi connectivity index (χ4v) is 2.23. The van der Waals surface area contributed by atoms with E-state index in [4.69, 9.17) is 4.74 Å². The van der Waals surface area contributed by atoms with Crippen LogP contribution >= 0.6 is 0 Å². The smallest absolute Gasteiger partial charge is 0.336 e. The molecule has 5 heteroatoms. The summed E-state index contributed by atoms with van der Waals surface area (Å²) in [5.41, 5.74) is -0.427. The summed E-state index contributed by atoms with van der Waals surface area (Å²) >= 11 is 0. The number of amides is 1. The van der Waals surface area contributed by atoms with Crippen molar-refractivity contribution in [2.24, 2.45) is 5.41 Å². The second kappa shape index (κ2) is 3.57. The minimum Gasteiger partial charge on any atom is -0.464 e. The highest BCUT2D eigenvalue weighted by Gasteiger charge is 2.62. The maximum atomic E-state index is 12.0. The molecule has 1 saturated heterocycles. The quantitative estimate of drug-likeness (QED) is 0.495. The van der Waals surface area contributed by atoms with Crippen LogP contribution in [0.2, 0.25) is 0 Å². The standard InChI is InChI=1S/C11H15NO4/c1-3-16-10(15)8-9(14)11(4-5-11)6-12(8)7(2)13/h8H,3-6H2,1-2H3. The molecule has 0 aromatic rings. The van der Waals surface area contributed by atoms with Gasteiger partial charge >= 0.3 is 5.97 Å². The average Bonchev–Trinajstić information content (AvgIpc) is 2.91. The van der Waals surface area contributed by atoms with Crippen LogP contribution in [0.15, 0.2) is 0 Å². The van der Waals surface area contributed by atoms with Crippen LogP contribution in [0.5, 0.6) is 0 Å². The highest BCUT2D eigenvalue weighted by molar-refractivity contribution is 6.11. The van der Waals surface area contributed by atoms with E-state index in [1.807, 2.05) is 0 Å². The topological polar surface area (TPSA) is 63.7 Å². The van der Waals surface area contributed by atoms with Gasteiger partial charge in [0.2, 0.25) is 5.91 Å². The van der Waals surface area contributed by atoms with Crippen LogP contribution in [0.25, 0.3) is 0 Å². The molecular formula is C11H15NO4. The van der Waals surface area contributed by atoms with E-state index in [1.54, 1.807) is 6.92 Å². The molecule has 1 amide bonds. The Balaban J connectivity index is 2.22. The van der Waals surface area contributed by atoms with Crippen LogP contribution in [-0.4, -0.2) is 41.8 Å². The van der Waals surface area contributed by atoms with E-state index in [1.165, 1.54) is 11.8 Å². The molecule has 1 unspecified atom stereocenters. The van der Waals surface area contributed by atoms with Gasteiger partial charge in [-0.1, -0.05) is 0 Å². The summed E-state index contributed by atoms with van der Waals surface area (Å²) in [6, 6.07) is -1.00. The van der Waals surface area contributed by atoms with Crippen molar-refractivity contribution in [1.82, 2.24) is 4.90 Å². The molecule has 2 rings (SSSR count). The molecule has 2 fully saturated rings. The summed E-state index contributed by atoms with van der Waals surface area (Å²) in [5, 5.41) is 0. The molecule has 0 N–H and O–H groups in total. The molecule has 88 valence electrons. The number of likely N-dealkylation sites (tertiary alicyclic amines) is 1. The molecule has 1 aliphatic heterocycles. The number of ketones is 1. The predicted molar refractivity (Wildman–Crippen MR) is 54.5 cm³/mol. The normalized spacial score (nSPS) is 26.0. The van der Waals surface area contributed by atoms with Crippen molar-refractivity contribution in [2.75, 3.05) is 13.2 Å². The fourth-order valence-electron chi connectivity index (χ4n) is 2.23. The van der Waals surface area contributed by atoms with Gasteiger partial charge in [-0.25, -0.2) is 4.79 Å². The van der Waals surface area contributed by atoms with Crippen LogP contribution in [0.4, 0.5) is 0 Å². The van der Waals surface area contributed by atoms with Crippen molar-refractivity contribution in [2.45, 2.75) is 32.7 Å². The lowest BCUT2D eigenvalue weighted by atomic mass is 10.0. The van der Waals surface area contributed by atoms with E-state index in [-0.39, 0.29) is 18.3 Å². The van der Waals surface area contributed by atoms with Crippen LogP contribution in [-0.2, 0) is 19.1 Å². The zero-order valence-electron chi connectivity index (χ0n) is 9.49. The van der Waals surface area contributed by atoms with Gasteiger partial charge in [-0.2, -0.15) is 0 Å². The van der Waals surface area contributed by atoms with Crippen molar-refractivity contribution < 1.29 is 19.1 Å². The molecule has 2 aliphatic rings. The van der Waals surface area contributed by atoms with E-state index in [0.29, 0.717) is 6.54 Å². The van der Waals surface area contributed by atoms with Crippen molar-refractivity contribution >= 4 is 17.7 Å². The number of rotatable bonds is 2. The lowest BCUT2D eigenvalue weighted by molar-refractivity contribution is -0.154. The molecular weight excluding hydrogens is 210 g/mol. The molecule has 0 radical (unpaired) electrons. The Hall–Kier alpha value is -1.39. The minimum absolute atomic E-state index is 0.138. The number of esters is 1. The monoisotopic (exact) mass is 225 g/mol. The van der Waals surface area contributed by atoms with E-state index in [0.717, 1.165) is 12.8 Å². The Morgan fingerprint density at radius 3 is 2.56 bits per heavy atom. The maximum Gasteiger partial charge on any atom is 0.336 e. The van der Waals surface area contributed by atoms with Gasteiger partial charge in [0.25, 0.3) is 0 Å². The second-order valence-corrected chi connectivity index (χ2v) is 4.45. The molecule has 1 aliphatic carbocycles. The number of nitrogens with zero attached hydrogens (tertiary/aromatic N) is 1. The lowest BCUT2D eigenvalue weighted by Crippen LogP contribution is -2.43. The van der Waals surface area contributed by atoms with E-state index in [2.05, 4.69) is 0 Å². The predicted octanol–water partition coefficient (Wildman–Crippen LogP) is 0.129. The number of Topliss-reactive ketones (excluding diaryl/α,β-unsaturated/α-hetero) is 1. The Morgan fingerprint density at radius 1 is 1.50 bits per heavy atom. The third kappa shape index (κ3) is 1.50. The SMILES string of the molecule is CCOC(=O)C1C(=O)C2(CC2)CN1C(C)=O. The summed E-state index contributed by atoms with van der Waals surface area (Å²) in [6.07, 6.45) is 1.57. The average molecular weight is 225 g/mol. The number of ether oxygens (including phenoxy) is 1. The van der Waals surface area contributed by atoms with Gasteiger partial charge in [0, 0.05) is 18.9 Å². The molecule has 5 nitrogen and oxygen atoms in total. The summed E-state index contributed by atoms with van der Waals surface area (Å²) in [7, 11) is 0. The van der Waals surface area contributed by atoms with Gasteiger partial charge in [-0.3, -0.25) is 9.59 Å². The van der Waals surface area contributed by atoms with E-state index in [9.17, 15) is 14.4 Å². The second-order valence-electron chi connectivity index (χ2n) is 4.45. The maximum absolute atomic E-state index is 12.0. The Morgan fingerprint density at radius 2 is 2.12 bits per heavy atom. The number of carbonyl (C=O) groups excluding carboxylic acids is 3. The van der Waals surface area contributed by atoms with E-state index >= 15 is 0 Å². The molecule has 1 saturated carbocycles. The molecule has 1 spiro atoms. The third-order valence-electron chi connectivity index (χ3n) is 3.32. The first-order valence-electron chi connectivity index (χ1n) is 5.50. The molecule has 1 atom stereocenters. The van der Waals surface area contributed by atoms with Crippen molar-refractivity contribution in [3.05, 3.63) is 0 Å². The zero-order valence-corrected chi connectivity index (χ0v) is 9.49. The highest BCUT2D eigenvalue weighted by Crippen LogP contribution is 2.52. The summed E-state index contributed by atoms with van der Waals surface area (Å²) in [4.78, 5) is 36.4. The largest absolute Gasteiger partial charge is 0.464 e. The minimum atomic E-state index is -1.00. The third-order valence-corrected chi connectivity index (χ3v) is 3.32. The zero-order chi connectivity index (χ0) is 11.9. The van der Waals surface area contributed by atoms with Gasteiger partial charge in [-0.15, -0.1) is 0 Å². The Bertz CT molecular complexity index is 359. The summed E-state index contributed by atoms with van der Waals surface area (Å²) in [6.45, 7) is 3.66. The van der Waals surface area contributed by atoms with Crippen LogP contribution in [0.1, 0.15) is 26.7 Å². The lowest BCUT2D eigenvalue weighted by Gasteiger charge is -2.19. The van der Waals surface area contributed by atoms with Gasteiger partial charge in [-0.05, 0) is 19.8 Å². The Labute approximate surface area is 93.7 Å². The summed E-state index contributed by atoms with van der Waals surface area (Å²) in [5.74, 6) is -0.970. The fraction of sp³-hybridized carbons (Fsp3) is 0.727. The van der Waals surface area contributed by atoms with Crippen LogP contribution in [0.3, 0.4) is 0 Å².